The number of unbranched alkanes of at least 4 members (excludes halogenated alkanes) is 48. The zero-order chi connectivity index (χ0) is 71.5. The van der Waals surface area contributed by atoms with Crippen LogP contribution >= 0.6 is 48.9 Å². The molecule has 0 aromatic rings. The first kappa shape index (κ1) is 96.6. The van der Waals surface area contributed by atoms with Crippen molar-refractivity contribution in [3.63, 3.8) is 0 Å². The van der Waals surface area contributed by atoms with E-state index in [0.29, 0.717) is 0 Å². The molecule has 0 aliphatic heterocycles. The van der Waals surface area contributed by atoms with E-state index in [0.717, 1.165) is 97.3 Å². The van der Waals surface area contributed by atoms with E-state index in [9.17, 15) is 0 Å². The molecule has 97 heavy (non-hydrogen) atoms. The van der Waals surface area contributed by atoms with Crippen LogP contribution in [0.1, 0.15) is 494 Å². The van der Waals surface area contributed by atoms with Gasteiger partial charge in [-0.1, -0.05) is 391 Å². The van der Waals surface area contributed by atoms with Crippen LogP contribution in [-0.4, -0.2) is 44.6 Å². The quantitative estimate of drug-likeness (QED) is 0.0441. The SMILES string of the molecule is CCCCCCCCCCCCCCCC(CC)OC(=S)C(C)CC(CC(C)C(=S)OC(CC)CCCCCCCCCCCCCCC)(CC(C)C(=S)OC(CC)CCCCCCCCCCCCCCC)CC(C)C(=S)OC(CC)CCCCCCCCCCCCCCC. The Hall–Kier alpha value is -0.440. The molecule has 8 atom stereocenters. The van der Waals surface area contributed by atoms with Gasteiger partial charge in [0.1, 0.15) is 0 Å². The Balaban J connectivity index is 6.55. The summed E-state index contributed by atoms with van der Waals surface area (Å²) in [5.74, 6) is 0.158. The van der Waals surface area contributed by atoms with Crippen molar-refractivity contribution in [2.75, 3.05) is 0 Å². The molecule has 0 rings (SSSR count). The van der Waals surface area contributed by atoms with Crippen molar-refractivity contribution in [2.24, 2.45) is 29.1 Å². The maximum absolute atomic E-state index is 6.95. The molecule has 0 N–H and O–H groups in total. The van der Waals surface area contributed by atoms with Gasteiger partial charge in [0.2, 0.25) is 0 Å². The molecule has 0 heterocycles. The van der Waals surface area contributed by atoms with Crippen LogP contribution in [0.5, 0.6) is 0 Å². The molecule has 4 nitrogen and oxygen atoms in total. The summed E-state index contributed by atoms with van der Waals surface area (Å²) in [6, 6.07) is 0. The summed E-state index contributed by atoms with van der Waals surface area (Å²) in [7, 11) is 0. The molecular weight excluding hydrogens is 1260 g/mol. The van der Waals surface area contributed by atoms with Gasteiger partial charge in [0, 0.05) is 23.7 Å². The van der Waals surface area contributed by atoms with Gasteiger partial charge >= 0.3 is 0 Å². The minimum Gasteiger partial charge on any atom is -0.484 e. The minimum absolute atomic E-state index is 0.0394. The minimum atomic E-state index is -0.263. The van der Waals surface area contributed by atoms with Crippen LogP contribution < -0.4 is 0 Å². The number of ether oxygens (including phenoxy) is 4. The summed E-state index contributed by atoms with van der Waals surface area (Å²) in [6.07, 6.45) is 83.0. The third-order valence-electron chi connectivity index (χ3n) is 22.0. The number of thiocarbonyl (C=S) groups is 4. The fourth-order valence-corrected chi connectivity index (χ4v) is 16.4. The highest BCUT2D eigenvalue weighted by molar-refractivity contribution is 7.80. The average molecular weight is 1430 g/mol. The lowest BCUT2D eigenvalue weighted by molar-refractivity contribution is 0.0980. The van der Waals surface area contributed by atoms with Gasteiger partial charge in [0.05, 0.1) is 24.4 Å². The second-order valence-electron chi connectivity index (χ2n) is 31.9. The third-order valence-corrected chi connectivity index (χ3v) is 24.0. The fourth-order valence-electron chi connectivity index (χ4n) is 15.5. The number of hydrogen-bond acceptors (Lipinski definition) is 8. The van der Waals surface area contributed by atoms with Gasteiger partial charge in [0.25, 0.3) is 0 Å². The molecule has 0 aliphatic rings. The molecule has 0 amide bonds. The second-order valence-corrected chi connectivity index (χ2v) is 33.5. The van der Waals surface area contributed by atoms with Gasteiger partial charge in [-0.25, -0.2) is 0 Å². The first-order valence-corrected chi connectivity index (χ1v) is 45.6. The lowest BCUT2D eigenvalue weighted by Gasteiger charge is -2.42. The van der Waals surface area contributed by atoms with Crippen molar-refractivity contribution in [1.82, 2.24) is 0 Å². The van der Waals surface area contributed by atoms with Crippen molar-refractivity contribution in [3.8, 4) is 0 Å². The van der Waals surface area contributed by atoms with Crippen LogP contribution in [0, 0.1) is 29.1 Å². The average Bonchev–Trinajstić information content (AvgIpc) is 0.815. The molecule has 0 fully saturated rings. The summed E-state index contributed by atoms with van der Waals surface area (Å²) < 4.78 is 27.8. The van der Waals surface area contributed by atoms with Crippen LogP contribution in [-0.2, 0) is 18.9 Å². The summed E-state index contributed by atoms with van der Waals surface area (Å²) in [4.78, 5) is 0. The monoisotopic (exact) mass is 1430 g/mol. The Morgan fingerprint density at radius 3 is 0.454 bits per heavy atom. The standard InChI is InChI=1S/C89H172O4S4/c1-13-21-25-29-33-37-41-45-49-53-57-61-65-69-81(17-5)90-85(94)77(9)73-89(74-78(10)86(95)91-82(18-6)70-66-62-58-54-50-46-42-38-34-30-26-22-14-2,75-79(11)87(96)92-83(19-7)71-67-63-59-55-51-47-43-39-35-31-27-23-15-3)76-80(12)88(97)93-84(20-8)72-68-64-60-56-52-48-44-40-36-32-28-24-16-4/h77-84H,13-76H2,1-12H3. The highest BCUT2D eigenvalue weighted by Crippen LogP contribution is 2.47. The zero-order valence-electron chi connectivity index (χ0n) is 67.6. The molecule has 0 aromatic heterocycles. The maximum atomic E-state index is 6.95. The Morgan fingerprint density at radius 1 is 0.206 bits per heavy atom. The van der Waals surface area contributed by atoms with Crippen LogP contribution in [0.2, 0.25) is 0 Å². The second kappa shape index (κ2) is 71.2. The van der Waals surface area contributed by atoms with Crippen molar-refractivity contribution in [1.29, 1.82) is 0 Å². The van der Waals surface area contributed by atoms with Crippen molar-refractivity contribution < 1.29 is 18.9 Å². The Bertz CT molecular complexity index is 1480. The van der Waals surface area contributed by atoms with E-state index in [2.05, 4.69) is 83.1 Å². The van der Waals surface area contributed by atoms with Crippen molar-refractivity contribution in [2.45, 2.75) is 518 Å². The highest BCUT2D eigenvalue weighted by atomic mass is 32.1. The molecule has 0 saturated carbocycles. The molecule has 0 bridgehead atoms. The molecule has 0 spiro atoms. The van der Waals surface area contributed by atoms with E-state index in [4.69, 9.17) is 67.8 Å². The lowest BCUT2D eigenvalue weighted by Crippen LogP contribution is -2.38. The summed E-state index contributed by atoms with van der Waals surface area (Å²) in [6.45, 7) is 27.7. The molecule has 0 saturated heterocycles. The molecule has 0 aliphatic carbocycles. The van der Waals surface area contributed by atoms with E-state index < -0.39 is 0 Å². The maximum Gasteiger partial charge on any atom is 0.162 e. The van der Waals surface area contributed by atoms with Crippen molar-refractivity contribution in [3.05, 3.63) is 0 Å². The Labute approximate surface area is 631 Å². The normalized spacial score (nSPS) is 14.9. The predicted octanol–water partition coefficient (Wildman–Crippen LogP) is 32.5. The fraction of sp³-hybridized carbons (Fsp3) is 0.955. The molecule has 0 aromatic carbocycles. The van der Waals surface area contributed by atoms with Crippen LogP contribution in [0.3, 0.4) is 0 Å². The molecular formula is C89H172O4S4. The number of rotatable bonds is 76. The highest BCUT2D eigenvalue weighted by Gasteiger charge is 2.41. The van der Waals surface area contributed by atoms with Gasteiger partial charge < -0.3 is 18.9 Å². The summed E-state index contributed by atoms with van der Waals surface area (Å²) in [5, 5.41) is 3.03. The Morgan fingerprint density at radius 2 is 0.330 bits per heavy atom. The Kier molecular flexibility index (Phi) is 70.9. The van der Waals surface area contributed by atoms with Crippen LogP contribution in [0.15, 0.2) is 0 Å². The zero-order valence-corrected chi connectivity index (χ0v) is 70.9. The van der Waals surface area contributed by atoms with Gasteiger partial charge in [-0.15, -0.1) is 0 Å². The van der Waals surface area contributed by atoms with Gasteiger partial charge in [-0.2, -0.15) is 0 Å². The first-order valence-electron chi connectivity index (χ1n) is 44.0. The third kappa shape index (κ3) is 58.5. The smallest absolute Gasteiger partial charge is 0.162 e. The summed E-state index contributed by atoms with van der Waals surface area (Å²) >= 11 is 25.8. The van der Waals surface area contributed by atoms with Crippen LogP contribution in [0.4, 0.5) is 0 Å². The van der Waals surface area contributed by atoms with Crippen molar-refractivity contribution >= 4 is 69.1 Å². The van der Waals surface area contributed by atoms with E-state index in [1.165, 1.54) is 334 Å². The van der Waals surface area contributed by atoms with E-state index in [1.54, 1.807) is 0 Å². The van der Waals surface area contributed by atoms with E-state index >= 15 is 0 Å². The number of hydrogen-bond donors (Lipinski definition) is 0. The first-order chi connectivity index (χ1) is 47.2. The van der Waals surface area contributed by atoms with Gasteiger partial charge in [0.15, 0.2) is 20.2 Å². The molecule has 576 valence electrons. The molecule has 8 unspecified atom stereocenters. The van der Waals surface area contributed by atoms with Gasteiger partial charge in [-0.3, -0.25) is 0 Å². The molecule has 8 heteroatoms. The van der Waals surface area contributed by atoms with E-state index in [1.807, 2.05) is 0 Å². The lowest BCUT2D eigenvalue weighted by atomic mass is 9.65. The topological polar surface area (TPSA) is 36.9 Å². The predicted molar refractivity (Wildman–Crippen MR) is 450 cm³/mol. The van der Waals surface area contributed by atoms with E-state index in [-0.39, 0.29) is 53.5 Å². The van der Waals surface area contributed by atoms with Gasteiger partial charge in [-0.05, 0) is 157 Å². The largest absolute Gasteiger partial charge is 0.484 e. The summed E-state index contributed by atoms with van der Waals surface area (Å²) in [5.41, 5.74) is -0.263. The molecule has 0 radical (unpaired) electrons. The van der Waals surface area contributed by atoms with Crippen LogP contribution in [0.25, 0.3) is 0 Å².